The summed E-state index contributed by atoms with van der Waals surface area (Å²) in [4.78, 5) is 22.8. The molecule has 1 unspecified atom stereocenters. The van der Waals surface area contributed by atoms with E-state index in [2.05, 4.69) is 10.1 Å². The van der Waals surface area contributed by atoms with Crippen molar-refractivity contribution < 1.29 is 19.4 Å². The molecule has 1 atom stereocenters. The summed E-state index contributed by atoms with van der Waals surface area (Å²) in [5, 5.41) is 12.0. The molecule has 0 saturated heterocycles. The molecule has 0 aromatic heterocycles. The van der Waals surface area contributed by atoms with Gasteiger partial charge in [0, 0.05) is 12.5 Å². The number of para-hydroxylation sites is 1. The van der Waals surface area contributed by atoms with Gasteiger partial charge >= 0.3 is 12.1 Å². The Labute approximate surface area is 123 Å². The predicted molar refractivity (Wildman–Crippen MR) is 76.8 cm³/mol. The number of phenolic OH excluding ortho intramolecular Hbond substituents is 1. The third-order valence-corrected chi connectivity index (χ3v) is 2.33. The van der Waals surface area contributed by atoms with Crippen molar-refractivity contribution in [2.45, 2.75) is 32.4 Å². The molecule has 0 aliphatic rings. The fraction of sp³-hybridized carbons (Fsp3) is 0.385. The SMILES string of the molecule is CC(C)NC(=O)OC(=O)C(N)Cc1ccccc1O.Cl. The lowest BCUT2D eigenvalue weighted by molar-refractivity contribution is -0.138. The first-order chi connectivity index (χ1) is 8.90. The number of carbonyl (C=O) groups is 2. The van der Waals surface area contributed by atoms with Crippen molar-refractivity contribution in [2.24, 2.45) is 5.73 Å². The van der Waals surface area contributed by atoms with Crippen LogP contribution in [-0.4, -0.2) is 29.3 Å². The number of hydrogen-bond acceptors (Lipinski definition) is 5. The second-order valence-corrected chi connectivity index (χ2v) is 4.45. The van der Waals surface area contributed by atoms with Crippen molar-refractivity contribution in [3.8, 4) is 5.75 Å². The zero-order valence-corrected chi connectivity index (χ0v) is 12.1. The van der Waals surface area contributed by atoms with Crippen molar-refractivity contribution in [1.82, 2.24) is 5.32 Å². The highest BCUT2D eigenvalue weighted by atomic mass is 35.5. The van der Waals surface area contributed by atoms with E-state index in [0.29, 0.717) is 5.56 Å². The summed E-state index contributed by atoms with van der Waals surface area (Å²) in [5.41, 5.74) is 6.16. The number of nitrogens with one attached hydrogen (secondary N) is 1. The normalized spacial score (nSPS) is 11.4. The van der Waals surface area contributed by atoms with Crippen LogP contribution in [-0.2, 0) is 16.0 Å². The van der Waals surface area contributed by atoms with E-state index < -0.39 is 18.1 Å². The van der Waals surface area contributed by atoms with Gasteiger partial charge in [-0.2, -0.15) is 0 Å². The number of rotatable bonds is 4. The van der Waals surface area contributed by atoms with Gasteiger partial charge in [-0.1, -0.05) is 18.2 Å². The Morgan fingerprint density at radius 2 is 1.95 bits per heavy atom. The number of aromatic hydroxyl groups is 1. The van der Waals surface area contributed by atoms with Crippen LogP contribution in [0.3, 0.4) is 0 Å². The topological polar surface area (TPSA) is 102 Å². The Morgan fingerprint density at radius 3 is 2.50 bits per heavy atom. The molecule has 1 aromatic rings. The Balaban J connectivity index is 0.00000361. The number of nitrogens with two attached hydrogens (primary N) is 1. The maximum absolute atomic E-state index is 11.6. The number of phenols is 1. The minimum Gasteiger partial charge on any atom is -0.508 e. The number of ether oxygens (including phenoxy) is 1. The van der Waals surface area contributed by atoms with Crippen molar-refractivity contribution in [3.63, 3.8) is 0 Å². The van der Waals surface area contributed by atoms with Gasteiger partial charge in [-0.25, -0.2) is 9.59 Å². The summed E-state index contributed by atoms with van der Waals surface area (Å²) in [6, 6.07) is 5.40. The first-order valence-corrected chi connectivity index (χ1v) is 5.94. The third kappa shape index (κ3) is 5.90. The number of carbonyl (C=O) groups excluding carboxylic acids is 2. The average molecular weight is 303 g/mol. The van der Waals surface area contributed by atoms with Gasteiger partial charge in [0.15, 0.2) is 0 Å². The summed E-state index contributed by atoms with van der Waals surface area (Å²) in [6.45, 7) is 3.49. The van der Waals surface area contributed by atoms with Crippen molar-refractivity contribution >= 4 is 24.5 Å². The molecule has 6 nitrogen and oxygen atoms in total. The smallest absolute Gasteiger partial charge is 0.415 e. The molecule has 1 amide bonds. The van der Waals surface area contributed by atoms with E-state index in [0.717, 1.165) is 0 Å². The van der Waals surface area contributed by atoms with Crippen molar-refractivity contribution in [3.05, 3.63) is 29.8 Å². The summed E-state index contributed by atoms with van der Waals surface area (Å²) in [6.07, 6.45) is -0.728. The van der Waals surface area contributed by atoms with Crippen LogP contribution in [0.5, 0.6) is 5.75 Å². The summed E-state index contributed by atoms with van der Waals surface area (Å²) in [5.74, 6) is -0.779. The lowest BCUT2D eigenvalue weighted by Gasteiger charge is -2.12. The Morgan fingerprint density at radius 1 is 1.35 bits per heavy atom. The van der Waals surface area contributed by atoms with Crippen LogP contribution >= 0.6 is 12.4 Å². The van der Waals surface area contributed by atoms with E-state index in [-0.39, 0.29) is 30.6 Å². The van der Waals surface area contributed by atoms with Crippen LogP contribution in [0.1, 0.15) is 19.4 Å². The predicted octanol–water partition coefficient (Wildman–Crippen LogP) is 1.34. The second-order valence-electron chi connectivity index (χ2n) is 4.45. The first kappa shape index (κ1) is 18.2. The molecule has 0 radical (unpaired) electrons. The van der Waals surface area contributed by atoms with Gasteiger partial charge in [-0.3, -0.25) is 0 Å². The quantitative estimate of drug-likeness (QED) is 0.575. The molecule has 0 spiro atoms. The van der Waals surface area contributed by atoms with Gasteiger partial charge in [-0.15, -0.1) is 12.4 Å². The van der Waals surface area contributed by atoms with E-state index in [1.807, 2.05) is 0 Å². The molecule has 0 heterocycles. The molecule has 0 saturated carbocycles. The lowest BCUT2D eigenvalue weighted by atomic mass is 10.1. The van der Waals surface area contributed by atoms with Gasteiger partial charge < -0.3 is 20.9 Å². The largest absolute Gasteiger partial charge is 0.508 e. The van der Waals surface area contributed by atoms with Gasteiger partial charge in [0.25, 0.3) is 0 Å². The molecule has 0 bridgehead atoms. The highest BCUT2D eigenvalue weighted by molar-refractivity contribution is 5.87. The highest BCUT2D eigenvalue weighted by Crippen LogP contribution is 2.17. The Hall–Kier alpha value is -1.79. The zero-order valence-electron chi connectivity index (χ0n) is 11.3. The van der Waals surface area contributed by atoms with E-state index in [4.69, 9.17) is 5.73 Å². The monoisotopic (exact) mass is 302 g/mol. The molecule has 0 fully saturated rings. The highest BCUT2D eigenvalue weighted by Gasteiger charge is 2.20. The molecular formula is C13H19ClN2O4. The molecule has 4 N–H and O–H groups in total. The maximum Gasteiger partial charge on any atom is 0.415 e. The fourth-order valence-electron chi connectivity index (χ4n) is 1.44. The van der Waals surface area contributed by atoms with Gasteiger partial charge in [0.2, 0.25) is 0 Å². The second kappa shape index (κ2) is 8.39. The lowest BCUT2D eigenvalue weighted by Crippen LogP contribution is -2.40. The van der Waals surface area contributed by atoms with E-state index >= 15 is 0 Å². The molecule has 0 aliphatic carbocycles. The van der Waals surface area contributed by atoms with Gasteiger partial charge in [0.1, 0.15) is 11.8 Å². The van der Waals surface area contributed by atoms with E-state index in [9.17, 15) is 14.7 Å². The van der Waals surface area contributed by atoms with Crippen LogP contribution in [0, 0.1) is 0 Å². The summed E-state index contributed by atoms with van der Waals surface area (Å²) < 4.78 is 4.54. The number of alkyl carbamates (subject to hydrolysis) is 1. The standard InChI is InChI=1S/C13H18N2O4.ClH/c1-8(2)15-13(18)19-12(17)10(14)7-9-5-3-4-6-11(9)16;/h3-6,8,10,16H,7,14H2,1-2H3,(H,15,18);1H. The number of amides is 1. The molecule has 0 aliphatic heterocycles. The zero-order chi connectivity index (χ0) is 14.4. The molecule has 1 rings (SSSR count). The average Bonchev–Trinajstić information content (AvgIpc) is 2.30. The number of benzene rings is 1. The van der Waals surface area contributed by atoms with Crippen LogP contribution in [0.4, 0.5) is 4.79 Å². The van der Waals surface area contributed by atoms with Crippen LogP contribution < -0.4 is 11.1 Å². The number of esters is 1. The van der Waals surface area contributed by atoms with Gasteiger partial charge in [-0.05, 0) is 25.5 Å². The molecule has 1 aromatic carbocycles. The number of hydrogen-bond donors (Lipinski definition) is 3. The van der Waals surface area contributed by atoms with Gasteiger partial charge in [0.05, 0.1) is 0 Å². The molecular weight excluding hydrogens is 284 g/mol. The summed E-state index contributed by atoms with van der Waals surface area (Å²) in [7, 11) is 0. The van der Waals surface area contributed by atoms with E-state index in [1.54, 1.807) is 32.0 Å². The fourth-order valence-corrected chi connectivity index (χ4v) is 1.44. The summed E-state index contributed by atoms with van der Waals surface area (Å²) >= 11 is 0. The third-order valence-electron chi connectivity index (χ3n) is 2.33. The maximum atomic E-state index is 11.6. The molecule has 7 heteroatoms. The van der Waals surface area contributed by atoms with Crippen molar-refractivity contribution in [1.29, 1.82) is 0 Å². The Kier molecular flexibility index (Phi) is 7.64. The van der Waals surface area contributed by atoms with Crippen molar-refractivity contribution in [2.75, 3.05) is 0 Å². The Bertz CT molecular complexity index is 465. The van der Waals surface area contributed by atoms with Crippen LogP contribution in [0.2, 0.25) is 0 Å². The van der Waals surface area contributed by atoms with E-state index in [1.165, 1.54) is 6.07 Å². The number of halogens is 1. The first-order valence-electron chi connectivity index (χ1n) is 5.94. The van der Waals surface area contributed by atoms with Crippen LogP contribution in [0.15, 0.2) is 24.3 Å². The minimum absolute atomic E-state index is 0. The minimum atomic E-state index is -1.01. The molecule has 20 heavy (non-hydrogen) atoms. The van der Waals surface area contributed by atoms with Crippen LogP contribution in [0.25, 0.3) is 0 Å². The molecule has 112 valence electrons.